The molecule has 116 valence electrons. The number of sulfonamides is 1. The number of hydrogen-bond donors (Lipinski definition) is 1. The molecule has 1 aromatic carbocycles. The number of halogens is 1. The van der Waals surface area contributed by atoms with Crippen molar-refractivity contribution in [3.8, 4) is 0 Å². The molecule has 0 saturated heterocycles. The van der Waals surface area contributed by atoms with Crippen molar-refractivity contribution < 1.29 is 22.7 Å². The molecule has 0 atom stereocenters. The molecule has 1 saturated carbocycles. The van der Waals surface area contributed by atoms with Crippen molar-refractivity contribution in [1.82, 2.24) is 4.31 Å². The molecule has 0 radical (unpaired) electrons. The molecule has 0 heterocycles. The summed E-state index contributed by atoms with van der Waals surface area (Å²) in [7, 11) is -3.73. The lowest BCUT2D eigenvalue weighted by Gasteiger charge is -2.20. The zero-order valence-electron chi connectivity index (χ0n) is 11.8. The highest BCUT2D eigenvalue weighted by molar-refractivity contribution is 7.88. The molecule has 0 unspecified atom stereocenters. The van der Waals surface area contributed by atoms with Gasteiger partial charge in [0.15, 0.2) is 0 Å². The second-order valence-electron chi connectivity index (χ2n) is 5.46. The SMILES string of the molecule is Cc1cc(F)ccc1CS(=O)(=O)N(CC(=O)O)CC1CC1. The first-order chi connectivity index (χ1) is 9.78. The van der Waals surface area contributed by atoms with Crippen molar-refractivity contribution in [3.63, 3.8) is 0 Å². The van der Waals surface area contributed by atoms with Crippen molar-refractivity contribution in [2.45, 2.75) is 25.5 Å². The zero-order chi connectivity index (χ0) is 15.6. The Morgan fingerprint density at radius 3 is 2.62 bits per heavy atom. The fourth-order valence-electron chi connectivity index (χ4n) is 2.12. The topological polar surface area (TPSA) is 74.7 Å². The maximum atomic E-state index is 13.1. The van der Waals surface area contributed by atoms with Gasteiger partial charge in [-0.05, 0) is 48.9 Å². The summed E-state index contributed by atoms with van der Waals surface area (Å²) in [5.41, 5.74) is 1.03. The second kappa shape index (κ2) is 6.11. The molecule has 1 aliphatic rings. The number of hydrogen-bond acceptors (Lipinski definition) is 3. The van der Waals surface area contributed by atoms with Crippen LogP contribution >= 0.6 is 0 Å². The standard InChI is InChI=1S/C14H18FNO4S/c1-10-6-13(15)5-4-12(10)9-21(19,20)16(8-14(17)18)7-11-2-3-11/h4-6,11H,2-3,7-9H2,1H3,(H,17,18). The zero-order valence-corrected chi connectivity index (χ0v) is 12.6. The predicted octanol–water partition coefficient (Wildman–Crippen LogP) is 1.76. The Kier molecular flexibility index (Phi) is 4.63. The van der Waals surface area contributed by atoms with Crippen LogP contribution in [-0.4, -0.2) is 36.9 Å². The van der Waals surface area contributed by atoms with Gasteiger partial charge in [0.1, 0.15) is 12.4 Å². The molecular weight excluding hydrogens is 297 g/mol. The summed E-state index contributed by atoms with van der Waals surface area (Å²) >= 11 is 0. The van der Waals surface area contributed by atoms with Crippen LogP contribution in [0, 0.1) is 18.7 Å². The maximum absolute atomic E-state index is 13.1. The molecule has 0 aliphatic heterocycles. The number of carboxylic acid groups (broad SMARTS) is 1. The molecule has 0 bridgehead atoms. The van der Waals surface area contributed by atoms with E-state index in [4.69, 9.17) is 5.11 Å². The fourth-order valence-corrected chi connectivity index (χ4v) is 3.77. The second-order valence-corrected chi connectivity index (χ2v) is 7.43. The minimum atomic E-state index is -3.73. The molecule has 1 aromatic rings. The van der Waals surface area contributed by atoms with Crippen LogP contribution in [0.5, 0.6) is 0 Å². The van der Waals surface area contributed by atoms with Crippen molar-refractivity contribution >= 4 is 16.0 Å². The van der Waals surface area contributed by atoms with E-state index in [0.29, 0.717) is 11.1 Å². The summed E-state index contributed by atoms with van der Waals surface area (Å²) < 4.78 is 38.9. The van der Waals surface area contributed by atoms with E-state index in [0.717, 1.165) is 17.1 Å². The predicted molar refractivity (Wildman–Crippen MR) is 75.7 cm³/mol. The van der Waals surface area contributed by atoms with Gasteiger partial charge in [-0.25, -0.2) is 12.8 Å². The molecular formula is C14H18FNO4S. The Balaban J connectivity index is 2.18. The molecule has 2 rings (SSSR count). The lowest BCUT2D eigenvalue weighted by molar-refractivity contribution is -0.137. The number of nitrogens with zero attached hydrogens (tertiary/aromatic N) is 1. The third-order valence-electron chi connectivity index (χ3n) is 3.51. The highest BCUT2D eigenvalue weighted by atomic mass is 32.2. The van der Waals surface area contributed by atoms with Crippen LogP contribution in [0.4, 0.5) is 4.39 Å². The fraction of sp³-hybridized carbons (Fsp3) is 0.500. The first kappa shape index (κ1) is 15.9. The molecule has 21 heavy (non-hydrogen) atoms. The molecule has 7 heteroatoms. The van der Waals surface area contributed by atoms with Crippen LogP contribution in [0.1, 0.15) is 24.0 Å². The van der Waals surface area contributed by atoms with Gasteiger partial charge >= 0.3 is 5.97 Å². The van der Waals surface area contributed by atoms with E-state index >= 15 is 0 Å². The average molecular weight is 315 g/mol. The number of aryl methyl sites for hydroxylation is 1. The van der Waals surface area contributed by atoms with Gasteiger partial charge in [-0.2, -0.15) is 4.31 Å². The summed E-state index contributed by atoms with van der Waals surface area (Å²) in [5, 5.41) is 8.88. The van der Waals surface area contributed by atoms with Crippen LogP contribution < -0.4 is 0 Å². The smallest absolute Gasteiger partial charge is 0.318 e. The Labute approximate surface area is 123 Å². The number of carboxylic acids is 1. The molecule has 0 amide bonds. The van der Waals surface area contributed by atoms with Crippen molar-refractivity contribution in [1.29, 1.82) is 0 Å². The normalized spacial score (nSPS) is 15.4. The molecule has 1 N–H and O–H groups in total. The van der Waals surface area contributed by atoms with E-state index in [1.54, 1.807) is 6.92 Å². The monoisotopic (exact) mass is 315 g/mol. The van der Waals surface area contributed by atoms with Crippen molar-refractivity contribution in [3.05, 3.63) is 35.1 Å². The van der Waals surface area contributed by atoms with Gasteiger partial charge in [-0.3, -0.25) is 4.79 Å². The molecule has 0 aromatic heterocycles. The summed E-state index contributed by atoms with van der Waals surface area (Å²) in [6.07, 6.45) is 1.86. The minimum Gasteiger partial charge on any atom is -0.480 e. The third kappa shape index (κ3) is 4.50. The number of rotatable bonds is 7. The van der Waals surface area contributed by atoms with Gasteiger partial charge in [-0.15, -0.1) is 0 Å². The maximum Gasteiger partial charge on any atom is 0.318 e. The van der Waals surface area contributed by atoms with E-state index < -0.39 is 28.4 Å². The van der Waals surface area contributed by atoms with Gasteiger partial charge in [0.05, 0.1) is 5.75 Å². The van der Waals surface area contributed by atoms with Crippen molar-refractivity contribution in [2.24, 2.45) is 5.92 Å². The van der Waals surface area contributed by atoms with E-state index in [1.165, 1.54) is 18.2 Å². The molecule has 0 spiro atoms. The molecule has 1 aliphatic carbocycles. The summed E-state index contributed by atoms with van der Waals surface area (Å²) in [6, 6.07) is 3.91. The van der Waals surface area contributed by atoms with Crippen LogP contribution in [0.15, 0.2) is 18.2 Å². The first-order valence-electron chi connectivity index (χ1n) is 6.72. The quantitative estimate of drug-likeness (QED) is 0.832. The molecule has 5 nitrogen and oxygen atoms in total. The third-order valence-corrected chi connectivity index (χ3v) is 5.25. The van der Waals surface area contributed by atoms with E-state index in [-0.39, 0.29) is 18.2 Å². The van der Waals surface area contributed by atoms with Crippen LogP contribution in [-0.2, 0) is 20.6 Å². The summed E-state index contributed by atoms with van der Waals surface area (Å²) in [6.45, 7) is 1.35. The summed E-state index contributed by atoms with van der Waals surface area (Å²) in [5.74, 6) is -1.64. The average Bonchev–Trinajstić information content (AvgIpc) is 3.15. The van der Waals surface area contributed by atoms with Crippen molar-refractivity contribution in [2.75, 3.05) is 13.1 Å². The lowest BCUT2D eigenvalue weighted by Crippen LogP contribution is -2.38. The Morgan fingerprint density at radius 2 is 2.10 bits per heavy atom. The highest BCUT2D eigenvalue weighted by Crippen LogP contribution is 2.31. The number of aliphatic carboxylic acids is 1. The first-order valence-corrected chi connectivity index (χ1v) is 8.33. The van der Waals surface area contributed by atoms with Crippen LogP contribution in [0.3, 0.4) is 0 Å². The highest BCUT2D eigenvalue weighted by Gasteiger charge is 2.32. The Bertz CT molecular complexity index is 640. The lowest BCUT2D eigenvalue weighted by atomic mass is 10.1. The van der Waals surface area contributed by atoms with Gasteiger partial charge < -0.3 is 5.11 Å². The van der Waals surface area contributed by atoms with E-state index in [1.807, 2.05) is 0 Å². The van der Waals surface area contributed by atoms with E-state index in [2.05, 4.69) is 0 Å². The number of carbonyl (C=O) groups is 1. The van der Waals surface area contributed by atoms with Gasteiger partial charge in [-0.1, -0.05) is 6.07 Å². The number of benzene rings is 1. The minimum absolute atomic E-state index is 0.245. The van der Waals surface area contributed by atoms with Crippen LogP contribution in [0.2, 0.25) is 0 Å². The van der Waals surface area contributed by atoms with Crippen LogP contribution in [0.25, 0.3) is 0 Å². The Hall–Kier alpha value is -1.47. The van der Waals surface area contributed by atoms with Gasteiger partial charge in [0.2, 0.25) is 10.0 Å². The molecule has 1 fully saturated rings. The summed E-state index contributed by atoms with van der Waals surface area (Å²) in [4.78, 5) is 10.9. The van der Waals surface area contributed by atoms with E-state index in [9.17, 15) is 17.6 Å². The van der Waals surface area contributed by atoms with Gasteiger partial charge in [0.25, 0.3) is 0 Å². The van der Waals surface area contributed by atoms with Gasteiger partial charge in [0, 0.05) is 6.54 Å². The largest absolute Gasteiger partial charge is 0.480 e. The Morgan fingerprint density at radius 1 is 1.43 bits per heavy atom.